The van der Waals surface area contributed by atoms with Gasteiger partial charge in [-0.2, -0.15) is 0 Å². The van der Waals surface area contributed by atoms with Crippen molar-refractivity contribution in [2.45, 2.75) is 19.4 Å². The summed E-state index contributed by atoms with van der Waals surface area (Å²) in [6, 6.07) is 16.0. The third-order valence-corrected chi connectivity index (χ3v) is 9.37. The molecule has 2 fully saturated rings. The van der Waals surface area contributed by atoms with Gasteiger partial charge in [-0.15, -0.1) is 0 Å². The minimum absolute atomic E-state index is 0.868. The molecule has 0 N–H and O–H groups in total. The molecule has 0 saturated carbocycles. The molecule has 8 heteroatoms. The molecule has 218 valence electrons. The summed E-state index contributed by atoms with van der Waals surface area (Å²) in [6.45, 7) is 14.8. The van der Waals surface area contributed by atoms with E-state index in [1.807, 2.05) is 0 Å². The lowest BCUT2D eigenvalue weighted by Gasteiger charge is -2.36. The molecule has 8 nitrogen and oxygen atoms in total. The van der Waals surface area contributed by atoms with Crippen molar-refractivity contribution in [1.29, 1.82) is 0 Å². The Balaban J connectivity index is 1.23. The van der Waals surface area contributed by atoms with Crippen LogP contribution in [0.5, 0.6) is 0 Å². The van der Waals surface area contributed by atoms with E-state index in [0.717, 1.165) is 109 Å². The average molecular weight is 556 g/mol. The molecular formula is C33H45N7O. The molecule has 0 unspecified atom stereocenters. The number of hydrogen-bond acceptors (Lipinski definition) is 7. The van der Waals surface area contributed by atoms with Crippen molar-refractivity contribution in [3.63, 3.8) is 0 Å². The Bertz CT molecular complexity index is 1500. The first-order valence-corrected chi connectivity index (χ1v) is 15.7. The van der Waals surface area contributed by atoms with E-state index in [2.05, 4.69) is 85.6 Å². The minimum atomic E-state index is 0.868. The Morgan fingerprint density at radius 1 is 0.805 bits per heavy atom. The van der Waals surface area contributed by atoms with Crippen molar-refractivity contribution < 1.29 is 4.74 Å². The first kappa shape index (κ1) is 27.0. The first-order valence-electron chi connectivity index (χ1n) is 15.7. The quantitative estimate of drug-likeness (QED) is 0.326. The summed E-state index contributed by atoms with van der Waals surface area (Å²) in [5.41, 5.74) is 7.62. The van der Waals surface area contributed by atoms with Crippen LogP contribution in [-0.4, -0.2) is 124 Å². The molecule has 4 aromatic rings. The van der Waals surface area contributed by atoms with E-state index in [-0.39, 0.29) is 0 Å². The fourth-order valence-corrected chi connectivity index (χ4v) is 7.08. The van der Waals surface area contributed by atoms with Crippen molar-refractivity contribution in [2.75, 3.05) is 109 Å². The van der Waals surface area contributed by atoms with Crippen LogP contribution in [-0.2, 0) is 11.3 Å². The van der Waals surface area contributed by atoms with Gasteiger partial charge in [-0.1, -0.05) is 18.2 Å². The van der Waals surface area contributed by atoms with E-state index in [1.165, 1.54) is 39.6 Å². The van der Waals surface area contributed by atoms with Gasteiger partial charge in [0.05, 0.1) is 41.0 Å². The van der Waals surface area contributed by atoms with Crippen molar-refractivity contribution in [3.05, 3.63) is 42.5 Å². The van der Waals surface area contributed by atoms with Crippen LogP contribution in [0.1, 0.15) is 12.8 Å². The Labute approximate surface area is 244 Å². The molecule has 0 bridgehead atoms. The third-order valence-electron chi connectivity index (χ3n) is 9.37. The predicted octanol–water partition coefficient (Wildman–Crippen LogP) is 3.96. The maximum Gasteiger partial charge on any atom is 0.0988 e. The first-order chi connectivity index (χ1) is 20.2. The predicted molar refractivity (Wildman–Crippen MR) is 171 cm³/mol. The van der Waals surface area contributed by atoms with E-state index in [0.29, 0.717) is 0 Å². The number of pyridine rings is 1. The summed E-state index contributed by atoms with van der Waals surface area (Å²) in [7, 11) is 4.32. The minimum Gasteiger partial charge on any atom is -0.379 e. The highest BCUT2D eigenvalue weighted by atomic mass is 16.5. The molecule has 3 aliphatic rings. The van der Waals surface area contributed by atoms with Gasteiger partial charge in [0, 0.05) is 95.0 Å². The zero-order valence-corrected chi connectivity index (χ0v) is 24.9. The van der Waals surface area contributed by atoms with Gasteiger partial charge in [-0.3, -0.25) is 9.80 Å². The van der Waals surface area contributed by atoms with Gasteiger partial charge in [-0.25, -0.2) is 4.98 Å². The number of aromatic nitrogens is 2. The van der Waals surface area contributed by atoms with Crippen LogP contribution < -0.4 is 9.80 Å². The van der Waals surface area contributed by atoms with Crippen molar-refractivity contribution >= 4 is 44.2 Å². The number of nitrogens with zero attached hydrogens (tertiary/aromatic N) is 7. The SMILES string of the molecule is CN(C)CCN1CCN(c2ccc3c4c5c(nc3c2)c2ccccc2n5CCCN4CCCN2CCOCC2)CC1. The molecule has 2 aromatic heterocycles. The van der Waals surface area contributed by atoms with Crippen LogP contribution in [0.2, 0.25) is 0 Å². The van der Waals surface area contributed by atoms with Gasteiger partial charge in [0.25, 0.3) is 0 Å². The normalized spacial score (nSPS) is 19.2. The summed E-state index contributed by atoms with van der Waals surface area (Å²) in [4.78, 5) is 18.1. The van der Waals surface area contributed by atoms with Gasteiger partial charge < -0.3 is 24.0 Å². The number of ether oxygens (including phenoxy) is 1. The number of piperazine rings is 1. The fraction of sp³-hybridized carbons (Fsp3) is 0.545. The molecule has 41 heavy (non-hydrogen) atoms. The summed E-state index contributed by atoms with van der Waals surface area (Å²) >= 11 is 0. The Morgan fingerprint density at radius 3 is 2.44 bits per heavy atom. The molecule has 0 amide bonds. The molecule has 0 radical (unpaired) electrons. The molecule has 7 rings (SSSR count). The van der Waals surface area contributed by atoms with Crippen molar-refractivity contribution in [2.24, 2.45) is 0 Å². The highest BCUT2D eigenvalue weighted by Crippen LogP contribution is 2.41. The largest absolute Gasteiger partial charge is 0.379 e. The van der Waals surface area contributed by atoms with Crippen LogP contribution in [0.3, 0.4) is 0 Å². The van der Waals surface area contributed by atoms with E-state index < -0.39 is 0 Å². The third kappa shape index (κ3) is 5.39. The second-order valence-corrected chi connectivity index (χ2v) is 12.3. The molecular weight excluding hydrogens is 510 g/mol. The average Bonchev–Trinajstić information content (AvgIpc) is 3.18. The number of rotatable bonds is 8. The number of para-hydroxylation sites is 1. The van der Waals surface area contributed by atoms with Crippen LogP contribution >= 0.6 is 0 Å². The summed E-state index contributed by atoms with van der Waals surface area (Å²) in [5.74, 6) is 0. The van der Waals surface area contributed by atoms with Gasteiger partial charge in [0.1, 0.15) is 0 Å². The lowest BCUT2D eigenvalue weighted by Crippen LogP contribution is -2.48. The maximum atomic E-state index is 5.58. The van der Waals surface area contributed by atoms with Crippen LogP contribution in [0, 0.1) is 0 Å². The molecule has 0 atom stereocenters. The zero-order valence-electron chi connectivity index (χ0n) is 24.9. The lowest BCUT2D eigenvalue weighted by atomic mass is 10.1. The standard InChI is InChI=1S/C33H45N7O/c1-35(2)15-16-37-17-19-38(20-18-37)26-9-10-27-29(25-26)34-31-28-7-3-4-8-30(28)40-14-6-13-39(32(27)33(31)40)12-5-11-36-21-23-41-24-22-36/h3-4,7-10,25H,5-6,11-24H2,1-2H3. The summed E-state index contributed by atoms with van der Waals surface area (Å²) in [6.07, 6.45) is 2.32. The summed E-state index contributed by atoms with van der Waals surface area (Å²) < 4.78 is 8.13. The maximum absolute atomic E-state index is 5.58. The number of morpholine rings is 1. The highest BCUT2D eigenvalue weighted by Gasteiger charge is 2.26. The Kier molecular flexibility index (Phi) is 7.73. The van der Waals surface area contributed by atoms with Gasteiger partial charge in [0.2, 0.25) is 0 Å². The molecule has 0 spiro atoms. The topological polar surface area (TPSA) is 43.2 Å². The van der Waals surface area contributed by atoms with Crippen LogP contribution in [0.4, 0.5) is 11.4 Å². The number of fused-ring (bicyclic) bond motifs is 5. The molecule has 2 aromatic carbocycles. The van der Waals surface area contributed by atoms with E-state index in [1.54, 1.807) is 0 Å². The van der Waals surface area contributed by atoms with Crippen LogP contribution in [0.15, 0.2) is 42.5 Å². The zero-order chi connectivity index (χ0) is 27.8. The number of benzene rings is 2. The smallest absolute Gasteiger partial charge is 0.0988 e. The number of likely N-dealkylation sites (N-methyl/N-ethyl adjacent to an activating group) is 1. The van der Waals surface area contributed by atoms with E-state index in [9.17, 15) is 0 Å². The van der Waals surface area contributed by atoms with E-state index >= 15 is 0 Å². The number of aryl methyl sites for hydroxylation is 1. The number of anilines is 2. The van der Waals surface area contributed by atoms with Crippen molar-refractivity contribution in [3.8, 4) is 0 Å². The fourth-order valence-electron chi connectivity index (χ4n) is 7.08. The monoisotopic (exact) mass is 555 g/mol. The van der Waals surface area contributed by atoms with Gasteiger partial charge >= 0.3 is 0 Å². The Hall–Kier alpha value is -2.91. The Morgan fingerprint density at radius 2 is 1.61 bits per heavy atom. The van der Waals surface area contributed by atoms with Gasteiger partial charge in [0.15, 0.2) is 0 Å². The van der Waals surface area contributed by atoms with Gasteiger partial charge in [-0.05, 0) is 51.2 Å². The molecule has 3 aliphatic heterocycles. The summed E-state index contributed by atoms with van der Waals surface area (Å²) in [5, 5.41) is 2.57. The second-order valence-electron chi connectivity index (χ2n) is 12.3. The highest BCUT2D eigenvalue weighted by molar-refractivity contribution is 6.17. The van der Waals surface area contributed by atoms with Crippen molar-refractivity contribution in [1.82, 2.24) is 24.3 Å². The molecule has 5 heterocycles. The lowest BCUT2D eigenvalue weighted by molar-refractivity contribution is 0.0376. The van der Waals surface area contributed by atoms with E-state index in [4.69, 9.17) is 9.72 Å². The van der Waals surface area contributed by atoms with Crippen LogP contribution in [0.25, 0.3) is 32.8 Å². The second kappa shape index (κ2) is 11.8. The molecule has 0 aliphatic carbocycles. The number of hydrogen-bond donors (Lipinski definition) is 0. The molecule has 2 saturated heterocycles.